The smallest absolute Gasteiger partial charge is 0.0810 e. The fourth-order valence-corrected chi connectivity index (χ4v) is 4.26. The Balaban J connectivity index is 3.05. The fraction of sp³-hybridized carbons (Fsp3) is 0.429. The van der Waals surface area contributed by atoms with Gasteiger partial charge in [-0.2, -0.15) is 0 Å². The van der Waals surface area contributed by atoms with Gasteiger partial charge in [-0.15, -0.1) is 0 Å². The van der Waals surface area contributed by atoms with Crippen LogP contribution in [-0.4, -0.2) is 13.1 Å². The van der Waals surface area contributed by atoms with Gasteiger partial charge in [0.05, 0.1) is 8.07 Å². The summed E-state index contributed by atoms with van der Waals surface area (Å²) in [4.78, 5) is 3.09. The van der Waals surface area contributed by atoms with Crippen LogP contribution in [0.25, 0.3) is 0 Å². The van der Waals surface area contributed by atoms with Crippen LogP contribution in [0.4, 0.5) is 0 Å². The Kier molecular flexibility index (Phi) is 2.06. The molecule has 10 heavy (non-hydrogen) atoms. The second-order valence-electron chi connectivity index (χ2n) is 3.47. The van der Waals surface area contributed by atoms with Gasteiger partial charge < -0.3 is 4.98 Å². The van der Waals surface area contributed by atoms with Crippen molar-refractivity contribution in [3.05, 3.63) is 16.9 Å². The van der Waals surface area contributed by atoms with Crippen LogP contribution in [0, 0.1) is 0 Å². The Bertz CT molecular complexity index is 224. The molecule has 0 bridgehead atoms. The average molecular weight is 218 g/mol. The lowest BCUT2D eigenvalue weighted by Crippen LogP contribution is -2.37. The van der Waals surface area contributed by atoms with Crippen molar-refractivity contribution in [2.75, 3.05) is 0 Å². The summed E-state index contributed by atoms with van der Waals surface area (Å²) in [5.41, 5.74) is 0. The standard InChI is InChI=1S/C7H12BrNSi/c1-10(2,3)7-5-9-4-6(7)8/h4-5,9H,1-3H3. The molecule has 0 saturated carbocycles. The molecule has 0 amide bonds. The molecule has 0 radical (unpaired) electrons. The van der Waals surface area contributed by atoms with Gasteiger partial charge in [0.15, 0.2) is 0 Å². The average Bonchev–Trinajstić information content (AvgIpc) is 2.11. The van der Waals surface area contributed by atoms with Gasteiger partial charge in [0, 0.05) is 16.9 Å². The maximum atomic E-state index is 3.51. The van der Waals surface area contributed by atoms with Crippen molar-refractivity contribution in [1.82, 2.24) is 4.98 Å². The number of hydrogen-bond acceptors (Lipinski definition) is 0. The quantitative estimate of drug-likeness (QED) is 0.696. The predicted octanol–water partition coefficient (Wildman–Crippen LogP) is 2.32. The van der Waals surface area contributed by atoms with Crippen LogP contribution in [0.15, 0.2) is 16.9 Å². The van der Waals surface area contributed by atoms with Crippen LogP contribution in [0.3, 0.4) is 0 Å². The van der Waals surface area contributed by atoms with Crippen molar-refractivity contribution in [2.45, 2.75) is 19.6 Å². The van der Waals surface area contributed by atoms with E-state index in [1.807, 2.05) is 6.20 Å². The predicted molar refractivity (Wildman–Crippen MR) is 51.5 cm³/mol. The lowest BCUT2D eigenvalue weighted by Gasteiger charge is -2.14. The third kappa shape index (κ3) is 1.52. The first-order chi connectivity index (χ1) is 4.52. The molecule has 0 fully saturated rings. The van der Waals surface area contributed by atoms with Crippen molar-refractivity contribution in [1.29, 1.82) is 0 Å². The van der Waals surface area contributed by atoms with E-state index in [0.717, 1.165) is 0 Å². The SMILES string of the molecule is C[Si](C)(C)c1c[nH]cc1Br. The molecular weight excluding hydrogens is 206 g/mol. The molecule has 1 rings (SSSR count). The molecule has 0 saturated heterocycles. The van der Waals surface area contributed by atoms with E-state index in [-0.39, 0.29) is 0 Å². The lowest BCUT2D eigenvalue weighted by molar-refractivity contribution is 1.41. The fourth-order valence-electron chi connectivity index (χ4n) is 0.920. The summed E-state index contributed by atoms with van der Waals surface area (Å²) < 4.78 is 1.23. The second-order valence-corrected chi connectivity index (χ2v) is 9.36. The van der Waals surface area contributed by atoms with Crippen molar-refractivity contribution in [3.63, 3.8) is 0 Å². The van der Waals surface area contributed by atoms with Gasteiger partial charge in [-0.1, -0.05) is 19.6 Å². The van der Waals surface area contributed by atoms with Gasteiger partial charge >= 0.3 is 0 Å². The highest BCUT2D eigenvalue weighted by Crippen LogP contribution is 2.11. The molecule has 0 aliphatic rings. The number of hydrogen-bond donors (Lipinski definition) is 1. The number of H-pyrrole nitrogens is 1. The van der Waals surface area contributed by atoms with E-state index < -0.39 is 8.07 Å². The Morgan fingerprint density at radius 3 is 2.10 bits per heavy atom. The maximum absolute atomic E-state index is 3.51. The number of rotatable bonds is 1. The maximum Gasteiger partial charge on any atom is 0.0810 e. The van der Waals surface area contributed by atoms with Crippen LogP contribution in [-0.2, 0) is 0 Å². The van der Waals surface area contributed by atoms with E-state index >= 15 is 0 Å². The van der Waals surface area contributed by atoms with Gasteiger partial charge in [-0.25, -0.2) is 0 Å². The van der Waals surface area contributed by atoms with Gasteiger partial charge in [-0.05, 0) is 21.1 Å². The van der Waals surface area contributed by atoms with Gasteiger partial charge in [0.25, 0.3) is 0 Å². The third-order valence-electron chi connectivity index (χ3n) is 1.50. The number of aromatic amines is 1. The Hall–Kier alpha value is -0.0231. The van der Waals surface area contributed by atoms with E-state index in [2.05, 4.69) is 46.8 Å². The van der Waals surface area contributed by atoms with Crippen LogP contribution >= 0.6 is 15.9 Å². The summed E-state index contributed by atoms with van der Waals surface area (Å²) in [6.45, 7) is 7.00. The van der Waals surface area contributed by atoms with E-state index in [1.165, 1.54) is 9.66 Å². The summed E-state index contributed by atoms with van der Waals surface area (Å²) in [6, 6.07) is 0. The zero-order valence-corrected chi connectivity index (χ0v) is 9.12. The molecule has 0 unspecified atom stereocenters. The first-order valence-electron chi connectivity index (χ1n) is 3.34. The lowest BCUT2D eigenvalue weighted by atomic mass is 10.7. The first kappa shape index (κ1) is 8.08. The van der Waals surface area contributed by atoms with E-state index in [1.54, 1.807) is 0 Å². The number of nitrogens with one attached hydrogen (secondary N) is 1. The van der Waals surface area contributed by atoms with Crippen LogP contribution in [0.1, 0.15) is 0 Å². The Morgan fingerprint density at radius 1 is 1.30 bits per heavy atom. The minimum absolute atomic E-state index is 1.10. The molecule has 0 aliphatic heterocycles. The normalized spacial score (nSPS) is 12.0. The monoisotopic (exact) mass is 217 g/mol. The molecule has 1 aromatic rings. The molecule has 0 aromatic carbocycles. The van der Waals surface area contributed by atoms with Crippen molar-refractivity contribution >= 4 is 29.2 Å². The molecule has 56 valence electrons. The molecule has 1 aromatic heterocycles. The largest absolute Gasteiger partial charge is 0.367 e. The topological polar surface area (TPSA) is 15.8 Å². The highest BCUT2D eigenvalue weighted by atomic mass is 79.9. The Morgan fingerprint density at radius 2 is 1.90 bits per heavy atom. The summed E-state index contributed by atoms with van der Waals surface area (Å²) in [5.74, 6) is 0. The zero-order valence-electron chi connectivity index (χ0n) is 6.53. The molecule has 1 N–H and O–H groups in total. The van der Waals surface area contributed by atoms with Gasteiger partial charge in [-0.3, -0.25) is 0 Å². The van der Waals surface area contributed by atoms with Gasteiger partial charge in [0.1, 0.15) is 0 Å². The minimum atomic E-state index is -1.10. The second kappa shape index (κ2) is 2.55. The first-order valence-corrected chi connectivity index (χ1v) is 7.64. The van der Waals surface area contributed by atoms with E-state index in [0.29, 0.717) is 0 Å². The molecule has 1 heterocycles. The minimum Gasteiger partial charge on any atom is -0.367 e. The highest BCUT2D eigenvalue weighted by Gasteiger charge is 2.19. The molecule has 0 atom stereocenters. The molecule has 3 heteroatoms. The van der Waals surface area contributed by atoms with E-state index in [9.17, 15) is 0 Å². The number of halogens is 1. The molecular formula is C7H12BrNSi. The third-order valence-corrected chi connectivity index (χ3v) is 4.55. The van der Waals surface area contributed by atoms with Crippen molar-refractivity contribution < 1.29 is 0 Å². The molecule has 1 nitrogen and oxygen atoms in total. The summed E-state index contributed by atoms with van der Waals surface area (Å²) >= 11 is 3.51. The van der Waals surface area contributed by atoms with Crippen LogP contribution < -0.4 is 5.19 Å². The Labute approximate surface area is 71.0 Å². The van der Waals surface area contributed by atoms with Crippen LogP contribution in [0.2, 0.25) is 19.6 Å². The molecule has 0 spiro atoms. The summed E-state index contributed by atoms with van der Waals surface area (Å²) in [6.07, 6.45) is 4.09. The number of aromatic nitrogens is 1. The van der Waals surface area contributed by atoms with Crippen LogP contribution in [0.5, 0.6) is 0 Å². The summed E-state index contributed by atoms with van der Waals surface area (Å²) in [7, 11) is -1.10. The van der Waals surface area contributed by atoms with Gasteiger partial charge in [0.2, 0.25) is 0 Å². The summed E-state index contributed by atoms with van der Waals surface area (Å²) in [5, 5.41) is 1.47. The molecule has 0 aliphatic carbocycles. The van der Waals surface area contributed by atoms with Crippen molar-refractivity contribution in [3.8, 4) is 0 Å². The zero-order chi connectivity index (χ0) is 7.78. The van der Waals surface area contributed by atoms with E-state index in [4.69, 9.17) is 0 Å². The van der Waals surface area contributed by atoms with Crippen molar-refractivity contribution in [2.24, 2.45) is 0 Å². The highest BCUT2D eigenvalue weighted by molar-refractivity contribution is 9.10.